The van der Waals surface area contributed by atoms with Crippen LogP contribution in [0.1, 0.15) is 96.1 Å². The van der Waals surface area contributed by atoms with Gasteiger partial charge in [-0.05, 0) is 94.7 Å². The first-order chi connectivity index (χ1) is 31.9. The minimum atomic E-state index is -1.13. The van der Waals surface area contributed by atoms with Gasteiger partial charge in [0.2, 0.25) is 17.7 Å². The maximum absolute atomic E-state index is 14.7. The minimum absolute atomic E-state index is 0.0743. The summed E-state index contributed by atoms with van der Waals surface area (Å²) in [6, 6.07) is 19.0. The third-order valence-corrected chi connectivity index (χ3v) is 15.3. The molecule has 2 unspecified atom stereocenters. The van der Waals surface area contributed by atoms with Crippen molar-refractivity contribution in [2.45, 2.75) is 134 Å². The number of Topliss-reactive ketones (excluding diaryl/α,β-unsaturated/α-hetero) is 1. The van der Waals surface area contributed by atoms with Crippen LogP contribution in [0, 0.1) is 35.5 Å². The Morgan fingerprint density at radius 1 is 0.697 bits per heavy atom. The van der Waals surface area contributed by atoms with E-state index in [0.717, 1.165) is 51.4 Å². The number of aryl methyl sites for hydroxylation is 2. The van der Waals surface area contributed by atoms with Crippen molar-refractivity contribution in [3.63, 3.8) is 0 Å². The van der Waals surface area contributed by atoms with Crippen LogP contribution < -0.4 is 10.6 Å². The summed E-state index contributed by atoms with van der Waals surface area (Å²) in [7, 11) is 1.68. The summed E-state index contributed by atoms with van der Waals surface area (Å²) in [4.78, 5) is 86.0. The van der Waals surface area contributed by atoms with E-state index in [2.05, 4.69) is 59.2 Å². The quantitative estimate of drug-likeness (QED) is 0.257. The molecule has 3 saturated heterocycles. The summed E-state index contributed by atoms with van der Waals surface area (Å²) in [5, 5.41) is 5.84. The Morgan fingerprint density at radius 3 is 1.70 bits per heavy atom. The fourth-order valence-corrected chi connectivity index (χ4v) is 11.1. The molecule has 2 saturated carbocycles. The second-order valence-electron chi connectivity index (χ2n) is 19.6. The van der Waals surface area contributed by atoms with E-state index in [1.165, 1.54) is 11.1 Å². The second kappa shape index (κ2) is 23.4. The Balaban J connectivity index is 1.12. The predicted octanol–water partition coefficient (Wildman–Crippen LogP) is 5.09. The van der Waals surface area contributed by atoms with Crippen LogP contribution in [0.15, 0.2) is 60.7 Å². The molecule has 2 N–H and O–H groups in total. The van der Waals surface area contributed by atoms with Crippen LogP contribution >= 0.6 is 0 Å². The van der Waals surface area contributed by atoms with Crippen LogP contribution in [0.4, 0.5) is 0 Å². The molecule has 0 aromatic heterocycles. The first-order valence-electron chi connectivity index (χ1n) is 24.7. The van der Waals surface area contributed by atoms with Gasteiger partial charge < -0.3 is 39.4 Å². The number of nitrogens with one attached hydrogen (secondary N) is 2. The first-order valence-corrected chi connectivity index (χ1v) is 24.7. The molecule has 2 aromatic carbocycles. The fourth-order valence-electron chi connectivity index (χ4n) is 11.1. The molecule has 3 amide bonds. The van der Waals surface area contributed by atoms with Crippen molar-refractivity contribution >= 4 is 35.4 Å². The van der Waals surface area contributed by atoms with E-state index in [-0.39, 0.29) is 91.4 Å². The number of hydrogen-bond donors (Lipinski definition) is 2. The van der Waals surface area contributed by atoms with Crippen molar-refractivity contribution in [3.05, 3.63) is 71.8 Å². The Bertz CT molecular complexity index is 1830. The van der Waals surface area contributed by atoms with Crippen molar-refractivity contribution in [2.24, 2.45) is 35.5 Å². The predicted molar refractivity (Wildman–Crippen MR) is 247 cm³/mol. The average Bonchev–Trinajstić information content (AvgIpc) is 4.11. The van der Waals surface area contributed by atoms with Gasteiger partial charge in [-0.3, -0.25) is 28.8 Å². The number of ketones is 1. The van der Waals surface area contributed by atoms with Gasteiger partial charge in [-0.2, -0.15) is 0 Å². The second-order valence-corrected chi connectivity index (χ2v) is 19.6. The first kappa shape index (κ1) is 49.3. The van der Waals surface area contributed by atoms with Crippen molar-refractivity contribution < 1.29 is 47.7 Å². The minimum Gasteiger partial charge on any atom is -0.465 e. The number of hydrogen-bond acceptors (Lipinski definition) is 11. The highest BCUT2D eigenvalue weighted by Crippen LogP contribution is 2.46. The molecule has 3 aliphatic heterocycles. The maximum Gasteiger partial charge on any atom is 0.306 e. The van der Waals surface area contributed by atoms with Crippen LogP contribution in [-0.2, 0) is 60.6 Å². The number of likely N-dealkylation sites (N-methyl/N-ethyl adjacent to an activating group) is 1. The number of cyclic esters (lactones) is 2. The molecular formula is C52H72N4O10. The summed E-state index contributed by atoms with van der Waals surface area (Å²) >= 11 is 0. The van der Waals surface area contributed by atoms with E-state index in [9.17, 15) is 28.8 Å². The smallest absolute Gasteiger partial charge is 0.306 e. The lowest BCUT2D eigenvalue weighted by atomic mass is 9.95. The molecule has 360 valence electrons. The fraction of sp³-hybridized carbons (Fsp3) is 0.654. The van der Waals surface area contributed by atoms with E-state index < -0.39 is 36.5 Å². The highest BCUT2D eigenvalue weighted by atomic mass is 16.5. The number of ether oxygens (including phenoxy) is 4. The van der Waals surface area contributed by atoms with Crippen molar-refractivity contribution in [1.29, 1.82) is 0 Å². The van der Waals surface area contributed by atoms with E-state index in [4.69, 9.17) is 18.9 Å². The van der Waals surface area contributed by atoms with Gasteiger partial charge in [0.05, 0.1) is 50.2 Å². The van der Waals surface area contributed by atoms with Gasteiger partial charge in [-0.15, -0.1) is 0 Å². The van der Waals surface area contributed by atoms with Crippen molar-refractivity contribution in [1.82, 2.24) is 20.4 Å². The van der Waals surface area contributed by atoms with Crippen molar-refractivity contribution in [3.8, 4) is 0 Å². The number of esters is 2. The Kier molecular flexibility index (Phi) is 17.4. The maximum atomic E-state index is 14.7. The number of nitrogens with zero attached hydrogens (tertiary/aromatic N) is 2. The summed E-state index contributed by atoms with van der Waals surface area (Å²) in [5.74, 6) is -2.88. The number of benzene rings is 2. The van der Waals surface area contributed by atoms with Crippen LogP contribution in [0.2, 0.25) is 0 Å². The molecule has 5 fully saturated rings. The molecular weight excluding hydrogens is 841 g/mol. The van der Waals surface area contributed by atoms with Gasteiger partial charge in [0.25, 0.3) is 0 Å². The van der Waals surface area contributed by atoms with E-state index >= 15 is 0 Å². The van der Waals surface area contributed by atoms with E-state index in [1.807, 2.05) is 28.9 Å². The lowest BCUT2D eigenvalue weighted by molar-refractivity contribution is -0.155. The number of rotatable bonds is 13. The molecule has 4 bridgehead atoms. The molecule has 2 aliphatic carbocycles. The number of carbonyl (C=O) groups is 6. The van der Waals surface area contributed by atoms with Gasteiger partial charge in [-0.1, -0.05) is 74.5 Å². The average molecular weight is 913 g/mol. The van der Waals surface area contributed by atoms with Crippen LogP contribution in [-0.4, -0.2) is 128 Å². The van der Waals surface area contributed by atoms with Crippen molar-refractivity contribution in [2.75, 3.05) is 46.6 Å². The van der Waals surface area contributed by atoms with Gasteiger partial charge in [-0.25, -0.2) is 0 Å². The molecule has 14 nitrogen and oxygen atoms in total. The molecule has 14 heteroatoms. The number of carbonyl (C=O) groups excluding carboxylic acids is 6. The van der Waals surface area contributed by atoms with Gasteiger partial charge >= 0.3 is 11.9 Å². The van der Waals surface area contributed by atoms with E-state index in [1.54, 1.807) is 20.9 Å². The Morgan fingerprint density at radius 2 is 1.20 bits per heavy atom. The summed E-state index contributed by atoms with van der Waals surface area (Å²) in [6.45, 7) is 5.99. The zero-order valence-electron chi connectivity index (χ0n) is 39.4. The largest absolute Gasteiger partial charge is 0.465 e. The third kappa shape index (κ3) is 12.5. The zero-order chi connectivity index (χ0) is 46.7. The molecule has 0 radical (unpaired) electrons. The molecule has 0 spiro atoms. The van der Waals surface area contributed by atoms with Crippen LogP contribution in [0.25, 0.3) is 0 Å². The molecule has 66 heavy (non-hydrogen) atoms. The highest BCUT2D eigenvalue weighted by Gasteiger charge is 2.53. The van der Waals surface area contributed by atoms with Gasteiger partial charge in [0, 0.05) is 49.3 Å². The Hall–Kier alpha value is -4.66. The number of fused-ring (bicyclic) bond motifs is 10. The zero-order valence-corrected chi connectivity index (χ0v) is 39.4. The van der Waals surface area contributed by atoms with Gasteiger partial charge in [0.1, 0.15) is 25.0 Å². The normalized spacial score (nSPS) is 30.9. The lowest BCUT2D eigenvalue weighted by Gasteiger charge is -2.29. The molecule has 3 heterocycles. The SMILES string of the molecule is CC[C@@H](C)C(=O)N[C@H]1COC(=O)CCC(=O)OC[C@H](CC(=O)[C@H](C)NC)C(=O)N2C[C@@H](OCCO[C@@H]3CN(C1=O)[C@@H]1CC(CCc4ccccc4)C[C@@H]13)[C@H]1CC(CCc3ccccc3)C[C@H]12. The topological polar surface area (TPSA) is 170 Å². The lowest BCUT2D eigenvalue weighted by Crippen LogP contribution is -2.53. The van der Waals surface area contributed by atoms with E-state index in [0.29, 0.717) is 44.6 Å². The molecule has 7 rings (SSSR count). The summed E-state index contributed by atoms with van der Waals surface area (Å²) in [5.41, 5.74) is 2.55. The molecule has 5 aliphatic rings. The standard InChI is InChI=1S/C52H72N4O10/c1-5-33(2)50(60)54-42-32-66-49(59)21-20-48(58)65-31-39(28-45(57)34(3)53-4)51(61)55-29-46(40-24-37(26-43(40)55)18-16-35-12-8-6-9-13-35)63-22-23-64-47-30-56(52(42)62)44-27-38(25-41(44)47)19-17-36-14-10-7-11-15-36/h6-15,33-34,37-44,46-47,53H,5,16-32H2,1-4H3,(H,54,60)/t33-,34+,37?,38?,39+,40+,41+,42+,43-,44-,46-,47-/m1/s1. The monoisotopic (exact) mass is 913 g/mol. The van der Waals surface area contributed by atoms with Gasteiger partial charge in [0.15, 0.2) is 0 Å². The highest BCUT2D eigenvalue weighted by molar-refractivity contribution is 5.91. The molecule has 12 atom stereocenters. The third-order valence-electron chi connectivity index (χ3n) is 15.3. The van der Waals surface area contributed by atoms with Crippen LogP contribution in [0.3, 0.4) is 0 Å². The Labute approximate surface area is 390 Å². The number of amides is 3. The summed E-state index contributed by atoms with van der Waals surface area (Å²) in [6.07, 6.45) is 6.49. The van der Waals surface area contributed by atoms with Crippen LogP contribution in [0.5, 0.6) is 0 Å². The summed E-state index contributed by atoms with van der Waals surface area (Å²) < 4.78 is 24.7. The molecule has 2 aromatic rings.